The molecular formula is C20H36O11. The van der Waals surface area contributed by atoms with Gasteiger partial charge in [0.1, 0.15) is 48.8 Å². The summed E-state index contributed by atoms with van der Waals surface area (Å²) < 4.78 is 21.8. The number of aliphatic hydroxyl groups excluding tert-OH is 7. The van der Waals surface area contributed by atoms with Crippen molar-refractivity contribution >= 4 is 0 Å². The van der Waals surface area contributed by atoms with Crippen LogP contribution in [-0.2, 0) is 18.9 Å². The second kappa shape index (κ2) is 13.1. The number of ether oxygens (including phenoxy) is 4. The maximum absolute atomic E-state index is 10.5. The first-order chi connectivity index (χ1) is 14.8. The molecule has 0 spiro atoms. The van der Waals surface area contributed by atoms with Crippen LogP contribution >= 0.6 is 0 Å². The molecule has 31 heavy (non-hydrogen) atoms. The van der Waals surface area contributed by atoms with Crippen LogP contribution in [0.25, 0.3) is 0 Å². The van der Waals surface area contributed by atoms with Gasteiger partial charge in [-0.3, -0.25) is 0 Å². The van der Waals surface area contributed by atoms with E-state index in [1.807, 2.05) is 6.08 Å². The standard InChI is InChI=1S/C20H36O11/c1-2-3-4-5-6-7-8-28-19-17(27)15(25)18(12(10-22)30-19)31-20-16(26)14(24)13(23)11(9-21)29-20/h2,11-27H,1,3-10H2/t11?,12?,13-,14?,15?,16-,17-,18+,19+,20-/m0/s1. The van der Waals surface area contributed by atoms with E-state index in [2.05, 4.69) is 6.58 Å². The van der Waals surface area contributed by atoms with Gasteiger partial charge >= 0.3 is 0 Å². The Bertz CT molecular complexity index is 517. The first kappa shape index (κ1) is 26.6. The van der Waals surface area contributed by atoms with Crippen molar-refractivity contribution in [2.75, 3.05) is 19.8 Å². The van der Waals surface area contributed by atoms with Gasteiger partial charge in [0, 0.05) is 6.61 Å². The highest BCUT2D eigenvalue weighted by Crippen LogP contribution is 2.29. The normalized spacial score (nSPS) is 41.3. The molecule has 0 saturated carbocycles. The molecule has 2 saturated heterocycles. The minimum Gasteiger partial charge on any atom is -0.394 e. The fourth-order valence-electron chi connectivity index (χ4n) is 3.64. The fraction of sp³-hybridized carbons (Fsp3) is 0.900. The number of aliphatic hydroxyl groups is 7. The van der Waals surface area contributed by atoms with Gasteiger partial charge in [-0.15, -0.1) is 6.58 Å². The molecular weight excluding hydrogens is 416 g/mol. The highest BCUT2D eigenvalue weighted by Gasteiger charge is 2.50. The Kier molecular flexibility index (Phi) is 11.2. The third-order valence-electron chi connectivity index (χ3n) is 5.55. The van der Waals surface area contributed by atoms with Crippen LogP contribution in [0.15, 0.2) is 12.7 Å². The summed E-state index contributed by atoms with van der Waals surface area (Å²) >= 11 is 0. The van der Waals surface area contributed by atoms with Gasteiger partial charge in [-0.1, -0.05) is 18.9 Å². The first-order valence-corrected chi connectivity index (χ1v) is 10.7. The lowest BCUT2D eigenvalue weighted by molar-refractivity contribution is -0.359. The van der Waals surface area contributed by atoms with Crippen LogP contribution in [0.5, 0.6) is 0 Å². The lowest BCUT2D eigenvalue weighted by Crippen LogP contribution is -2.64. The van der Waals surface area contributed by atoms with Crippen LogP contribution < -0.4 is 0 Å². The number of hydrogen-bond acceptors (Lipinski definition) is 11. The number of allylic oxidation sites excluding steroid dienone is 1. The molecule has 0 radical (unpaired) electrons. The van der Waals surface area contributed by atoms with E-state index in [9.17, 15) is 35.7 Å². The van der Waals surface area contributed by atoms with Gasteiger partial charge in [0.05, 0.1) is 13.2 Å². The molecule has 0 aliphatic carbocycles. The van der Waals surface area contributed by atoms with E-state index >= 15 is 0 Å². The minimum absolute atomic E-state index is 0.291. The predicted molar refractivity (Wildman–Crippen MR) is 106 cm³/mol. The Labute approximate surface area is 181 Å². The van der Waals surface area contributed by atoms with Gasteiger partial charge in [0.25, 0.3) is 0 Å². The maximum Gasteiger partial charge on any atom is 0.187 e. The monoisotopic (exact) mass is 452 g/mol. The van der Waals surface area contributed by atoms with Crippen molar-refractivity contribution in [2.45, 2.75) is 93.5 Å². The Hall–Kier alpha value is -0.700. The van der Waals surface area contributed by atoms with Crippen molar-refractivity contribution in [1.29, 1.82) is 0 Å². The fourth-order valence-corrected chi connectivity index (χ4v) is 3.64. The number of hydrogen-bond donors (Lipinski definition) is 7. The van der Waals surface area contributed by atoms with Crippen molar-refractivity contribution in [3.63, 3.8) is 0 Å². The lowest BCUT2D eigenvalue weighted by atomic mass is 9.97. The van der Waals surface area contributed by atoms with Crippen molar-refractivity contribution in [3.8, 4) is 0 Å². The first-order valence-electron chi connectivity index (χ1n) is 10.7. The highest BCUT2D eigenvalue weighted by molar-refractivity contribution is 4.94. The second-order valence-corrected chi connectivity index (χ2v) is 7.87. The molecule has 7 N–H and O–H groups in total. The molecule has 10 atom stereocenters. The zero-order chi connectivity index (χ0) is 23.0. The third kappa shape index (κ3) is 6.89. The third-order valence-corrected chi connectivity index (χ3v) is 5.55. The second-order valence-electron chi connectivity index (χ2n) is 7.87. The topological polar surface area (TPSA) is 179 Å². The van der Waals surface area contributed by atoms with E-state index < -0.39 is 74.6 Å². The summed E-state index contributed by atoms with van der Waals surface area (Å²) in [4.78, 5) is 0. The molecule has 11 heteroatoms. The smallest absolute Gasteiger partial charge is 0.187 e. The summed E-state index contributed by atoms with van der Waals surface area (Å²) in [5.74, 6) is 0. The van der Waals surface area contributed by atoms with E-state index in [0.717, 1.165) is 32.1 Å². The van der Waals surface area contributed by atoms with Crippen molar-refractivity contribution < 1.29 is 54.7 Å². The molecule has 2 aliphatic rings. The molecule has 2 fully saturated rings. The van der Waals surface area contributed by atoms with Crippen LogP contribution in [0.1, 0.15) is 32.1 Å². The Morgan fingerprint density at radius 3 is 1.97 bits per heavy atom. The van der Waals surface area contributed by atoms with Gasteiger partial charge in [-0.25, -0.2) is 0 Å². The number of rotatable bonds is 12. The number of unbranched alkanes of at least 4 members (excludes halogenated alkanes) is 4. The zero-order valence-electron chi connectivity index (χ0n) is 17.5. The van der Waals surface area contributed by atoms with Gasteiger partial charge in [0.15, 0.2) is 12.6 Å². The molecule has 2 heterocycles. The predicted octanol–water partition coefficient (Wildman–Crippen LogP) is -2.24. The van der Waals surface area contributed by atoms with E-state index in [0.29, 0.717) is 6.61 Å². The zero-order valence-corrected chi connectivity index (χ0v) is 17.5. The summed E-state index contributed by atoms with van der Waals surface area (Å²) in [6.07, 6.45) is -7.87. The minimum atomic E-state index is -1.70. The van der Waals surface area contributed by atoms with E-state index in [4.69, 9.17) is 18.9 Å². The molecule has 0 aromatic carbocycles. The van der Waals surface area contributed by atoms with Crippen LogP contribution in [0.3, 0.4) is 0 Å². The molecule has 0 amide bonds. The molecule has 182 valence electrons. The lowest BCUT2D eigenvalue weighted by Gasteiger charge is -2.45. The van der Waals surface area contributed by atoms with Crippen molar-refractivity contribution in [3.05, 3.63) is 12.7 Å². The van der Waals surface area contributed by atoms with Gasteiger partial charge in [-0.2, -0.15) is 0 Å². The van der Waals surface area contributed by atoms with Crippen molar-refractivity contribution in [2.24, 2.45) is 0 Å². The molecule has 0 bridgehead atoms. The van der Waals surface area contributed by atoms with Crippen molar-refractivity contribution in [1.82, 2.24) is 0 Å². The molecule has 2 rings (SSSR count). The van der Waals surface area contributed by atoms with Gasteiger partial charge in [0.2, 0.25) is 0 Å². The Morgan fingerprint density at radius 1 is 0.710 bits per heavy atom. The SMILES string of the molecule is C=CCCCCCCO[C@@H]1OC(CO)[C@@H](O[C@@H]2OC(CO)[C@H](O)C(O)[C@@H]2O)C(O)[C@@H]1O. The summed E-state index contributed by atoms with van der Waals surface area (Å²) in [7, 11) is 0. The van der Waals surface area contributed by atoms with Crippen LogP contribution in [0.2, 0.25) is 0 Å². The molecule has 4 unspecified atom stereocenters. The van der Waals surface area contributed by atoms with E-state index in [1.54, 1.807) is 0 Å². The Balaban J connectivity index is 1.90. The highest BCUT2D eigenvalue weighted by atomic mass is 16.7. The average Bonchev–Trinajstić information content (AvgIpc) is 2.77. The Morgan fingerprint density at radius 2 is 1.32 bits per heavy atom. The summed E-state index contributed by atoms with van der Waals surface area (Å²) in [5, 5.41) is 69.7. The van der Waals surface area contributed by atoms with Crippen LogP contribution in [0, 0.1) is 0 Å². The van der Waals surface area contributed by atoms with Crippen LogP contribution in [-0.4, -0.2) is 117 Å². The maximum atomic E-state index is 10.5. The van der Waals surface area contributed by atoms with E-state index in [1.165, 1.54) is 0 Å². The molecule has 0 aromatic heterocycles. The quantitative estimate of drug-likeness (QED) is 0.126. The van der Waals surface area contributed by atoms with Gasteiger partial charge in [-0.05, 0) is 19.3 Å². The molecule has 0 aromatic rings. The van der Waals surface area contributed by atoms with Gasteiger partial charge < -0.3 is 54.7 Å². The average molecular weight is 452 g/mol. The molecule has 2 aliphatic heterocycles. The van der Waals surface area contributed by atoms with E-state index in [-0.39, 0.29) is 0 Å². The largest absolute Gasteiger partial charge is 0.394 e. The summed E-state index contributed by atoms with van der Waals surface area (Å²) in [5.41, 5.74) is 0. The molecule has 11 nitrogen and oxygen atoms in total. The summed E-state index contributed by atoms with van der Waals surface area (Å²) in [6.45, 7) is 2.72. The summed E-state index contributed by atoms with van der Waals surface area (Å²) in [6, 6.07) is 0. The van der Waals surface area contributed by atoms with Crippen LogP contribution in [0.4, 0.5) is 0 Å².